The first-order valence-electron chi connectivity index (χ1n) is 3.67. The lowest BCUT2D eigenvalue weighted by Crippen LogP contribution is -2.50. The summed E-state index contributed by atoms with van der Waals surface area (Å²) in [5, 5.41) is 28.6. The van der Waals surface area contributed by atoms with E-state index in [-0.39, 0.29) is 6.42 Å². The Morgan fingerprint density at radius 3 is 2.67 bits per heavy atom. The lowest BCUT2D eigenvalue weighted by molar-refractivity contribution is -0.549. The van der Waals surface area contributed by atoms with Crippen molar-refractivity contribution in [1.29, 1.82) is 0 Å². The molecule has 0 bridgehead atoms. The van der Waals surface area contributed by atoms with Gasteiger partial charge in [0.15, 0.2) is 6.29 Å². The van der Waals surface area contributed by atoms with E-state index >= 15 is 0 Å². The molecule has 1 aliphatic heterocycles. The molecular formula is C6H11NO5. The minimum atomic E-state index is -1.14. The number of hydrogen-bond donors (Lipinski definition) is 2. The molecule has 1 aliphatic rings. The zero-order valence-corrected chi connectivity index (χ0v) is 6.58. The van der Waals surface area contributed by atoms with Crippen LogP contribution in [0.3, 0.4) is 0 Å². The number of aliphatic hydroxyl groups excluding tert-OH is 2. The van der Waals surface area contributed by atoms with Crippen molar-refractivity contribution in [2.24, 2.45) is 0 Å². The van der Waals surface area contributed by atoms with Crippen molar-refractivity contribution in [1.82, 2.24) is 0 Å². The molecule has 1 unspecified atom stereocenters. The minimum absolute atomic E-state index is 0.154. The van der Waals surface area contributed by atoms with Crippen LogP contribution in [0.5, 0.6) is 0 Å². The van der Waals surface area contributed by atoms with Gasteiger partial charge in [0.05, 0.1) is 12.5 Å². The molecule has 6 nitrogen and oxygen atoms in total. The second-order valence-corrected chi connectivity index (χ2v) is 2.87. The van der Waals surface area contributed by atoms with Crippen LogP contribution in [-0.2, 0) is 4.74 Å². The Kier molecular flexibility index (Phi) is 2.61. The van der Waals surface area contributed by atoms with E-state index in [1.54, 1.807) is 0 Å². The van der Waals surface area contributed by atoms with Gasteiger partial charge in [0.25, 0.3) is 0 Å². The van der Waals surface area contributed by atoms with Crippen LogP contribution in [-0.4, -0.2) is 39.7 Å². The van der Waals surface area contributed by atoms with Crippen molar-refractivity contribution < 1.29 is 19.9 Å². The minimum Gasteiger partial charge on any atom is -0.383 e. The summed E-state index contributed by atoms with van der Waals surface area (Å²) in [7, 11) is 0. The molecule has 6 heteroatoms. The molecule has 1 heterocycles. The molecule has 0 saturated carbocycles. The standard InChI is InChI=1S/C6H11NO5/c1-3-6(9)4(7(10)11)2-5(8)12-3/h3-6,8-9H,2H2,1H3/t3-,4+,5?,6-/m0/s1. The van der Waals surface area contributed by atoms with Crippen molar-refractivity contribution in [3.63, 3.8) is 0 Å². The molecule has 0 radical (unpaired) electrons. The van der Waals surface area contributed by atoms with E-state index in [2.05, 4.69) is 0 Å². The Labute approximate surface area is 68.9 Å². The average Bonchev–Trinajstić information content (AvgIpc) is 1.96. The topological polar surface area (TPSA) is 92.8 Å². The fourth-order valence-electron chi connectivity index (χ4n) is 1.25. The highest BCUT2D eigenvalue weighted by Crippen LogP contribution is 2.20. The van der Waals surface area contributed by atoms with Crippen molar-refractivity contribution in [2.75, 3.05) is 0 Å². The molecule has 0 aromatic heterocycles. The van der Waals surface area contributed by atoms with Gasteiger partial charge in [0.1, 0.15) is 6.10 Å². The summed E-state index contributed by atoms with van der Waals surface area (Å²) in [6, 6.07) is -1.12. The van der Waals surface area contributed by atoms with Crippen LogP contribution in [0.15, 0.2) is 0 Å². The fourth-order valence-corrected chi connectivity index (χ4v) is 1.25. The smallest absolute Gasteiger partial charge is 0.245 e. The molecule has 1 rings (SSSR count). The van der Waals surface area contributed by atoms with Crippen molar-refractivity contribution in [3.05, 3.63) is 10.1 Å². The maximum atomic E-state index is 10.3. The van der Waals surface area contributed by atoms with Gasteiger partial charge in [0, 0.05) is 4.92 Å². The highest BCUT2D eigenvalue weighted by atomic mass is 16.6. The fraction of sp³-hybridized carbons (Fsp3) is 1.00. The first-order chi connectivity index (χ1) is 5.52. The normalized spacial score (nSPS) is 42.6. The molecule has 0 spiro atoms. The van der Waals surface area contributed by atoms with E-state index in [1.807, 2.05) is 0 Å². The maximum Gasteiger partial charge on any atom is 0.245 e. The molecule has 1 saturated heterocycles. The molecule has 0 aromatic rings. The molecular weight excluding hydrogens is 166 g/mol. The summed E-state index contributed by atoms with van der Waals surface area (Å²) >= 11 is 0. The van der Waals surface area contributed by atoms with Crippen LogP contribution in [0, 0.1) is 10.1 Å². The number of ether oxygens (including phenoxy) is 1. The van der Waals surface area contributed by atoms with Gasteiger partial charge in [0.2, 0.25) is 6.04 Å². The predicted octanol–water partition coefficient (Wildman–Crippen LogP) is -0.880. The van der Waals surface area contributed by atoms with Crippen LogP contribution in [0.4, 0.5) is 0 Å². The average molecular weight is 177 g/mol. The summed E-state index contributed by atoms with van der Waals surface area (Å²) < 4.78 is 4.78. The second-order valence-electron chi connectivity index (χ2n) is 2.87. The summed E-state index contributed by atoms with van der Waals surface area (Å²) in [5.41, 5.74) is 0. The quantitative estimate of drug-likeness (QED) is 0.400. The number of nitrogens with zero attached hydrogens (tertiary/aromatic N) is 1. The molecule has 12 heavy (non-hydrogen) atoms. The van der Waals surface area contributed by atoms with E-state index in [9.17, 15) is 15.2 Å². The third-order valence-corrected chi connectivity index (χ3v) is 1.96. The third-order valence-electron chi connectivity index (χ3n) is 1.96. The second kappa shape index (κ2) is 3.34. The Hall–Kier alpha value is -0.720. The maximum absolute atomic E-state index is 10.3. The van der Waals surface area contributed by atoms with Crippen LogP contribution in [0.25, 0.3) is 0 Å². The highest BCUT2D eigenvalue weighted by molar-refractivity contribution is 4.79. The monoisotopic (exact) mass is 177 g/mol. The molecule has 0 amide bonds. The number of nitro groups is 1. The lowest BCUT2D eigenvalue weighted by Gasteiger charge is -2.30. The predicted molar refractivity (Wildman–Crippen MR) is 38.0 cm³/mol. The molecule has 2 N–H and O–H groups in total. The Bertz CT molecular complexity index is 185. The van der Waals surface area contributed by atoms with E-state index in [4.69, 9.17) is 9.84 Å². The van der Waals surface area contributed by atoms with Gasteiger partial charge in [-0.2, -0.15) is 0 Å². The molecule has 0 aromatic carbocycles. The summed E-state index contributed by atoms with van der Waals surface area (Å²) in [6.45, 7) is 1.49. The van der Waals surface area contributed by atoms with Crippen LogP contribution in [0.1, 0.15) is 13.3 Å². The Balaban J connectivity index is 2.66. The van der Waals surface area contributed by atoms with Crippen LogP contribution < -0.4 is 0 Å². The van der Waals surface area contributed by atoms with Gasteiger partial charge >= 0.3 is 0 Å². The largest absolute Gasteiger partial charge is 0.383 e. The summed E-state index contributed by atoms with van der Waals surface area (Å²) in [4.78, 5) is 9.74. The first-order valence-corrected chi connectivity index (χ1v) is 3.67. The van der Waals surface area contributed by atoms with Crippen molar-refractivity contribution >= 4 is 0 Å². The zero-order chi connectivity index (χ0) is 9.30. The molecule has 0 aliphatic carbocycles. The van der Waals surface area contributed by atoms with E-state index in [0.717, 1.165) is 0 Å². The number of hydrogen-bond acceptors (Lipinski definition) is 5. The highest BCUT2D eigenvalue weighted by Gasteiger charge is 2.41. The van der Waals surface area contributed by atoms with Crippen LogP contribution >= 0.6 is 0 Å². The van der Waals surface area contributed by atoms with Gasteiger partial charge in [-0.3, -0.25) is 10.1 Å². The Morgan fingerprint density at radius 1 is 1.58 bits per heavy atom. The number of rotatable bonds is 1. The van der Waals surface area contributed by atoms with E-state index in [0.29, 0.717) is 0 Å². The molecule has 4 atom stereocenters. The SMILES string of the molecule is C[C@@H]1OC(O)C[C@@H]([N+](=O)[O-])[C@H]1O. The van der Waals surface area contributed by atoms with Crippen molar-refractivity contribution in [2.45, 2.75) is 37.9 Å². The van der Waals surface area contributed by atoms with Crippen molar-refractivity contribution in [3.8, 4) is 0 Å². The zero-order valence-electron chi connectivity index (χ0n) is 6.58. The Morgan fingerprint density at radius 2 is 2.17 bits per heavy atom. The van der Waals surface area contributed by atoms with Crippen LogP contribution in [0.2, 0.25) is 0 Å². The van der Waals surface area contributed by atoms with Gasteiger partial charge in [-0.05, 0) is 6.92 Å². The number of aliphatic hydroxyl groups is 2. The van der Waals surface area contributed by atoms with Gasteiger partial charge in [-0.25, -0.2) is 0 Å². The van der Waals surface area contributed by atoms with Gasteiger partial charge in [-0.1, -0.05) is 0 Å². The van der Waals surface area contributed by atoms with Gasteiger partial charge < -0.3 is 14.9 Å². The molecule has 70 valence electrons. The third kappa shape index (κ3) is 1.71. The van der Waals surface area contributed by atoms with Gasteiger partial charge in [-0.15, -0.1) is 0 Å². The summed E-state index contributed by atoms with van der Waals surface area (Å²) in [5.74, 6) is 0. The molecule has 1 fully saturated rings. The summed E-state index contributed by atoms with van der Waals surface area (Å²) in [6.07, 6.45) is -3.12. The van der Waals surface area contributed by atoms with E-state index < -0.39 is 29.5 Å². The first kappa shape index (κ1) is 9.37. The lowest BCUT2D eigenvalue weighted by atomic mass is 10.0. The van der Waals surface area contributed by atoms with E-state index in [1.165, 1.54) is 6.92 Å².